The number of rotatable bonds is 7. The largest absolute Gasteiger partial charge is 0.493 e. The predicted molar refractivity (Wildman–Crippen MR) is 107 cm³/mol. The Labute approximate surface area is 170 Å². The Bertz CT molecular complexity index is 924. The van der Waals surface area contributed by atoms with E-state index in [-0.39, 0.29) is 18.3 Å². The van der Waals surface area contributed by atoms with Gasteiger partial charge in [0.05, 0.1) is 26.2 Å². The van der Waals surface area contributed by atoms with Gasteiger partial charge in [-0.05, 0) is 35.9 Å². The number of methoxy groups -OCH3 is 2. The lowest BCUT2D eigenvalue weighted by Gasteiger charge is -2.11. The van der Waals surface area contributed by atoms with Crippen LogP contribution in [-0.4, -0.2) is 47.4 Å². The molecule has 2 aromatic rings. The molecule has 8 nitrogen and oxygen atoms in total. The zero-order valence-electron chi connectivity index (χ0n) is 15.0. The standard InChI is InChI=1S/C18H16N2O6S2/c1-23-15-7-11(8-19-20-16(21)10-28-18(20)27)3-5-13(15)25-9-12-4-6-14(26-12)17(22)24-2/h3-8H,9-10H2,1-2H3/b19-8+. The highest BCUT2D eigenvalue weighted by Gasteiger charge is 2.26. The highest BCUT2D eigenvalue weighted by atomic mass is 32.2. The highest BCUT2D eigenvalue weighted by Crippen LogP contribution is 2.29. The number of esters is 1. The number of hydrogen-bond acceptors (Lipinski definition) is 9. The molecule has 0 bridgehead atoms. The lowest BCUT2D eigenvalue weighted by molar-refractivity contribution is -0.124. The Kier molecular flexibility index (Phi) is 6.32. The summed E-state index contributed by atoms with van der Waals surface area (Å²) in [5, 5.41) is 5.32. The molecule has 3 rings (SSSR count). The second kappa shape index (κ2) is 8.89. The highest BCUT2D eigenvalue weighted by molar-refractivity contribution is 8.23. The van der Waals surface area contributed by atoms with Crippen LogP contribution in [0.4, 0.5) is 0 Å². The summed E-state index contributed by atoms with van der Waals surface area (Å²) in [5.74, 6) is 1.13. The molecule has 0 N–H and O–H groups in total. The van der Waals surface area contributed by atoms with Crippen LogP contribution in [0, 0.1) is 0 Å². The number of carbonyl (C=O) groups excluding carboxylic acids is 2. The van der Waals surface area contributed by atoms with Gasteiger partial charge < -0.3 is 18.6 Å². The van der Waals surface area contributed by atoms with Gasteiger partial charge in [-0.3, -0.25) is 4.79 Å². The third-order valence-corrected chi connectivity index (χ3v) is 4.99. The normalized spacial score (nSPS) is 14.0. The van der Waals surface area contributed by atoms with Gasteiger partial charge in [0.1, 0.15) is 12.4 Å². The minimum atomic E-state index is -0.554. The van der Waals surface area contributed by atoms with Crippen LogP contribution in [0.25, 0.3) is 0 Å². The summed E-state index contributed by atoms with van der Waals surface area (Å²) < 4.78 is 21.4. The van der Waals surface area contributed by atoms with Gasteiger partial charge >= 0.3 is 5.97 Å². The Balaban J connectivity index is 1.67. The number of furan rings is 1. The van der Waals surface area contributed by atoms with E-state index in [1.165, 1.54) is 43.3 Å². The van der Waals surface area contributed by atoms with Gasteiger partial charge in [0.2, 0.25) is 5.76 Å². The minimum absolute atomic E-state index is 0.104. The molecule has 2 heterocycles. The molecule has 1 aromatic heterocycles. The molecule has 1 aliphatic rings. The molecule has 28 heavy (non-hydrogen) atoms. The van der Waals surface area contributed by atoms with Gasteiger partial charge in [0.25, 0.3) is 5.91 Å². The molecule has 0 unspecified atom stereocenters. The molecule has 1 saturated heterocycles. The molecule has 0 aliphatic carbocycles. The van der Waals surface area contributed by atoms with Crippen molar-refractivity contribution in [3.8, 4) is 11.5 Å². The van der Waals surface area contributed by atoms with Crippen LogP contribution in [0.1, 0.15) is 21.9 Å². The maximum absolute atomic E-state index is 11.7. The quantitative estimate of drug-likeness (QED) is 0.384. The van der Waals surface area contributed by atoms with Crippen molar-refractivity contribution in [2.75, 3.05) is 20.0 Å². The second-order valence-electron chi connectivity index (χ2n) is 5.46. The van der Waals surface area contributed by atoms with Gasteiger partial charge in [-0.1, -0.05) is 24.0 Å². The summed E-state index contributed by atoms with van der Waals surface area (Å²) in [6, 6.07) is 8.35. The van der Waals surface area contributed by atoms with Crippen molar-refractivity contribution < 1.29 is 28.2 Å². The van der Waals surface area contributed by atoms with Gasteiger partial charge in [0.15, 0.2) is 15.8 Å². The van der Waals surface area contributed by atoms with Crippen LogP contribution in [0.5, 0.6) is 11.5 Å². The summed E-state index contributed by atoms with van der Waals surface area (Å²) in [4.78, 5) is 23.1. The van der Waals surface area contributed by atoms with Crippen molar-refractivity contribution in [2.45, 2.75) is 6.61 Å². The van der Waals surface area contributed by atoms with Crippen molar-refractivity contribution in [3.63, 3.8) is 0 Å². The SMILES string of the molecule is COC(=O)c1ccc(COc2ccc(/C=N/N3C(=O)CSC3=S)cc2OC)o1. The van der Waals surface area contributed by atoms with Gasteiger partial charge in [-0.25, -0.2) is 4.79 Å². The van der Waals surface area contributed by atoms with Crippen molar-refractivity contribution in [1.82, 2.24) is 5.01 Å². The number of nitrogens with zero attached hydrogens (tertiary/aromatic N) is 2. The van der Waals surface area contributed by atoms with Crippen LogP contribution in [0.3, 0.4) is 0 Å². The number of ether oxygens (including phenoxy) is 3. The van der Waals surface area contributed by atoms with E-state index in [0.717, 1.165) is 0 Å². The summed E-state index contributed by atoms with van der Waals surface area (Å²) in [7, 11) is 2.80. The van der Waals surface area contributed by atoms with Crippen molar-refractivity contribution >= 4 is 46.4 Å². The van der Waals surface area contributed by atoms with E-state index in [4.69, 9.17) is 26.1 Å². The topological polar surface area (TPSA) is 90.6 Å². The molecular weight excluding hydrogens is 404 g/mol. The van der Waals surface area contributed by atoms with E-state index < -0.39 is 5.97 Å². The number of thioether (sulfide) groups is 1. The number of amides is 1. The monoisotopic (exact) mass is 420 g/mol. The van der Waals surface area contributed by atoms with Crippen LogP contribution in [-0.2, 0) is 16.1 Å². The van der Waals surface area contributed by atoms with Crippen LogP contribution in [0.15, 0.2) is 39.9 Å². The van der Waals surface area contributed by atoms with Gasteiger partial charge in [-0.2, -0.15) is 10.1 Å². The van der Waals surface area contributed by atoms with E-state index in [1.54, 1.807) is 24.3 Å². The lowest BCUT2D eigenvalue weighted by atomic mass is 10.2. The van der Waals surface area contributed by atoms with Gasteiger partial charge in [-0.15, -0.1) is 0 Å². The molecule has 0 saturated carbocycles. The molecule has 146 valence electrons. The third-order valence-electron chi connectivity index (χ3n) is 3.66. The van der Waals surface area contributed by atoms with Crippen molar-refractivity contribution in [2.24, 2.45) is 5.10 Å². The van der Waals surface area contributed by atoms with E-state index in [9.17, 15) is 9.59 Å². The Morgan fingerprint density at radius 2 is 2.14 bits per heavy atom. The number of benzene rings is 1. The molecule has 10 heteroatoms. The second-order valence-corrected chi connectivity index (χ2v) is 7.07. The Morgan fingerprint density at radius 1 is 1.32 bits per heavy atom. The summed E-state index contributed by atoms with van der Waals surface area (Å²) >= 11 is 6.36. The molecule has 1 aromatic carbocycles. The fourth-order valence-electron chi connectivity index (χ4n) is 2.28. The first-order valence-electron chi connectivity index (χ1n) is 8.03. The third kappa shape index (κ3) is 4.52. The first-order valence-corrected chi connectivity index (χ1v) is 9.42. The van der Waals surface area contributed by atoms with E-state index in [0.29, 0.717) is 32.9 Å². The zero-order valence-corrected chi connectivity index (χ0v) is 16.7. The molecule has 1 amide bonds. The van der Waals surface area contributed by atoms with E-state index in [1.807, 2.05) is 0 Å². The molecule has 0 atom stereocenters. The molecule has 1 aliphatic heterocycles. The number of thiocarbonyl (C=S) groups is 1. The number of hydrazone groups is 1. The summed E-state index contributed by atoms with van der Waals surface area (Å²) in [6.07, 6.45) is 1.53. The van der Waals surface area contributed by atoms with Crippen LogP contribution < -0.4 is 9.47 Å². The lowest BCUT2D eigenvalue weighted by Crippen LogP contribution is -2.22. The first kappa shape index (κ1) is 19.9. The molecule has 0 radical (unpaired) electrons. The first-order chi connectivity index (χ1) is 13.5. The average molecular weight is 420 g/mol. The van der Waals surface area contributed by atoms with E-state index >= 15 is 0 Å². The average Bonchev–Trinajstić information content (AvgIpc) is 3.31. The number of carbonyl (C=O) groups is 2. The van der Waals surface area contributed by atoms with Crippen LogP contribution >= 0.6 is 24.0 Å². The molecular formula is C18H16N2O6S2. The number of hydrogen-bond donors (Lipinski definition) is 0. The van der Waals surface area contributed by atoms with E-state index in [2.05, 4.69) is 9.84 Å². The van der Waals surface area contributed by atoms with Crippen molar-refractivity contribution in [3.05, 3.63) is 47.4 Å². The minimum Gasteiger partial charge on any atom is -0.493 e. The fourth-order valence-corrected chi connectivity index (χ4v) is 3.25. The zero-order chi connectivity index (χ0) is 20.1. The summed E-state index contributed by atoms with van der Waals surface area (Å²) in [6.45, 7) is 0.106. The van der Waals surface area contributed by atoms with Crippen LogP contribution in [0.2, 0.25) is 0 Å². The van der Waals surface area contributed by atoms with Crippen molar-refractivity contribution in [1.29, 1.82) is 0 Å². The predicted octanol–water partition coefficient (Wildman–Crippen LogP) is 2.85. The fraction of sp³-hybridized carbons (Fsp3) is 0.222. The van der Waals surface area contributed by atoms with Gasteiger partial charge in [0, 0.05) is 0 Å². The summed E-state index contributed by atoms with van der Waals surface area (Å²) in [5.41, 5.74) is 0.711. The molecule has 0 spiro atoms. The maximum Gasteiger partial charge on any atom is 0.373 e. The maximum atomic E-state index is 11.7. The Morgan fingerprint density at radius 3 is 2.82 bits per heavy atom. The molecule has 1 fully saturated rings. The Hall–Kier alpha value is -2.85. The smallest absolute Gasteiger partial charge is 0.373 e.